The van der Waals surface area contributed by atoms with Crippen LogP contribution in [0.4, 0.5) is 0 Å². The zero-order valence-corrected chi connectivity index (χ0v) is 8.78. The van der Waals surface area contributed by atoms with Crippen molar-refractivity contribution in [3.05, 3.63) is 0 Å². The van der Waals surface area contributed by atoms with Crippen molar-refractivity contribution in [3.63, 3.8) is 0 Å². The molecule has 0 spiro atoms. The fraction of sp³-hybridized carbons (Fsp3) is 1.00. The van der Waals surface area contributed by atoms with E-state index in [4.69, 9.17) is 0 Å². The highest BCUT2D eigenvalue weighted by Gasteiger charge is 2.36. The van der Waals surface area contributed by atoms with Crippen molar-refractivity contribution in [3.8, 4) is 0 Å². The number of aliphatic hydroxyl groups excluding tert-OH is 1. The van der Waals surface area contributed by atoms with Crippen LogP contribution in [0.2, 0.25) is 0 Å². The Balaban J connectivity index is 2.41. The summed E-state index contributed by atoms with van der Waals surface area (Å²) in [7, 11) is 0. The normalized spacial score (nSPS) is 35.8. The largest absolute Gasteiger partial charge is 0.394 e. The fourth-order valence-electron chi connectivity index (χ4n) is 1.65. The van der Waals surface area contributed by atoms with Crippen molar-refractivity contribution in [2.75, 3.05) is 18.9 Å². The molecule has 12 heavy (non-hydrogen) atoms. The molecule has 1 saturated heterocycles. The molecule has 0 aromatic rings. The summed E-state index contributed by atoms with van der Waals surface area (Å²) >= 11 is 1.96. The smallest absolute Gasteiger partial charge is 0.0621 e. The molecule has 0 radical (unpaired) electrons. The van der Waals surface area contributed by atoms with Crippen LogP contribution in [0.3, 0.4) is 0 Å². The first-order valence-electron chi connectivity index (χ1n) is 4.70. The third-order valence-corrected chi connectivity index (χ3v) is 3.83. The third-order valence-electron chi connectivity index (χ3n) is 2.38. The Labute approximate surface area is 79.1 Å². The Morgan fingerprint density at radius 1 is 1.67 bits per heavy atom. The van der Waals surface area contributed by atoms with Crippen molar-refractivity contribution in [1.82, 2.24) is 5.32 Å². The molecule has 0 aromatic carbocycles. The highest BCUT2D eigenvalue weighted by Crippen LogP contribution is 2.33. The van der Waals surface area contributed by atoms with Crippen LogP contribution in [-0.4, -0.2) is 34.8 Å². The first kappa shape index (κ1) is 10.4. The van der Waals surface area contributed by atoms with Gasteiger partial charge in [-0.2, -0.15) is 11.8 Å². The van der Waals surface area contributed by atoms with E-state index < -0.39 is 0 Å². The van der Waals surface area contributed by atoms with Crippen LogP contribution in [0.5, 0.6) is 0 Å². The van der Waals surface area contributed by atoms with Crippen LogP contribution >= 0.6 is 11.8 Å². The quantitative estimate of drug-likeness (QED) is 0.698. The summed E-state index contributed by atoms with van der Waals surface area (Å²) in [6, 6.07) is 0. The summed E-state index contributed by atoms with van der Waals surface area (Å²) in [5.74, 6) is 1.06. The van der Waals surface area contributed by atoms with Crippen molar-refractivity contribution in [2.24, 2.45) is 0 Å². The minimum atomic E-state index is 0.0279. The molecule has 2 nitrogen and oxygen atoms in total. The van der Waals surface area contributed by atoms with Gasteiger partial charge in [0.05, 0.1) is 12.1 Å². The Hall–Kier alpha value is 0.270. The van der Waals surface area contributed by atoms with Gasteiger partial charge in [0.15, 0.2) is 0 Å². The molecular weight excluding hydrogens is 170 g/mol. The molecule has 3 heteroatoms. The lowest BCUT2D eigenvalue weighted by atomic mass is 9.97. The van der Waals surface area contributed by atoms with E-state index in [0.717, 1.165) is 25.1 Å². The SMILES string of the molecule is CCCNC1(CO)CSC(C)C1. The molecule has 1 aliphatic heterocycles. The van der Waals surface area contributed by atoms with Crippen molar-refractivity contribution < 1.29 is 5.11 Å². The zero-order chi connectivity index (χ0) is 9.03. The molecule has 0 amide bonds. The monoisotopic (exact) mass is 189 g/mol. The first-order valence-corrected chi connectivity index (χ1v) is 5.75. The van der Waals surface area contributed by atoms with E-state index in [0.29, 0.717) is 5.25 Å². The molecule has 0 aromatic heterocycles. The molecule has 2 atom stereocenters. The lowest BCUT2D eigenvalue weighted by Crippen LogP contribution is -2.49. The molecule has 0 saturated carbocycles. The van der Waals surface area contributed by atoms with E-state index in [-0.39, 0.29) is 12.1 Å². The molecule has 1 rings (SSSR count). The lowest BCUT2D eigenvalue weighted by molar-refractivity contribution is 0.176. The topological polar surface area (TPSA) is 32.3 Å². The molecule has 0 bridgehead atoms. The Morgan fingerprint density at radius 3 is 2.83 bits per heavy atom. The second-order valence-electron chi connectivity index (χ2n) is 3.69. The molecule has 1 heterocycles. The van der Waals surface area contributed by atoms with Gasteiger partial charge in [0.2, 0.25) is 0 Å². The Kier molecular flexibility index (Phi) is 3.87. The highest BCUT2D eigenvalue weighted by molar-refractivity contribution is 8.00. The maximum absolute atomic E-state index is 9.29. The van der Waals surface area contributed by atoms with Gasteiger partial charge in [-0.3, -0.25) is 0 Å². The number of aliphatic hydroxyl groups is 1. The van der Waals surface area contributed by atoms with Crippen molar-refractivity contribution in [2.45, 2.75) is 37.5 Å². The van der Waals surface area contributed by atoms with Crippen LogP contribution in [0.25, 0.3) is 0 Å². The van der Waals surface area contributed by atoms with Gasteiger partial charge in [0.25, 0.3) is 0 Å². The zero-order valence-electron chi connectivity index (χ0n) is 7.97. The third kappa shape index (κ3) is 2.38. The molecule has 0 aliphatic carbocycles. The second kappa shape index (κ2) is 4.49. The Morgan fingerprint density at radius 2 is 2.42 bits per heavy atom. The molecule has 2 N–H and O–H groups in total. The number of hydrogen-bond donors (Lipinski definition) is 2. The predicted octanol–water partition coefficient (Wildman–Crippen LogP) is 1.24. The number of thioether (sulfide) groups is 1. The van der Waals surface area contributed by atoms with Crippen LogP contribution in [0.1, 0.15) is 26.7 Å². The predicted molar refractivity (Wildman–Crippen MR) is 54.6 cm³/mol. The van der Waals surface area contributed by atoms with E-state index in [1.54, 1.807) is 0 Å². The van der Waals surface area contributed by atoms with E-state index in [9.17, 15) is 5.11 Å². The van der Waals surface area contributed by atoms with Crippen LogP contribution in [0.15, 0.2) is 0 Å². The van der Waals surface area contributed by atoms with E-state index >= 15 is 0 Å². The van der Waals surface area contributed by atoms with E-state index in [1.165, 1.54) is 0 Å². The summed E-state index contributed by atoms with van der Waals surface area (Å²) in [5, 5.41) is 13.4. The minimum absolute atomic E-state index is 0.0279. The van der Waals surface area contributed by atoms with Gasteiger partial charge in [0, 0.05) is 11.0 Å². The second-order valence-corrected chi connectivity index (χ2v) is 5.12. The Bertz CT molecular complexity index is 142. The summed E-state index contributed by atoms with van der Waals surface area (Å²) in [6.45, 7) is 5.69. The average Bonchev–Trinajstić information content (AvgIpc) is 2.45. The summed E-state index contributed by atoms with van der Waals surface area (Å²) < 4.78 is 0. The molecule has 1 aliphatic rings. The average molecular weight is 189 g/mol. The van der Waals surface area contributed by atoms with E-state index in [2.05, 4.69) is 19.2 Å². The standard InChI is InChI=1S/C9H19NOS/c1-3-4-10-9(6-11)5-8(2)12-7-9/h8,10-11H,3-7H2,1-2H3. The summed E-state index contributed by atoms with van der Waals surface area (Å²) in [5.41, 5.74) is 0.0279. The fourth-order valence-corrected chi connectivity index (χ4v) is 3.00. The van der Waals surface area contributed by atoms with Gasteiger partial charge in [-0.05, 0) is 19.4 Å². The van der Waals surface area contributed by atoms with Crippen LogP contribution in [0, 0.1) is 0 Å². The number of rotatable bonds is 4. The molecule has 2 unspecified atom stereocenters. The molecular formula is C9H19NOS. The summed E-state index contributed by atoms with van der Waals surface area (Å²) in [4.78, 5) is 0. The first-order chi connectivity index (χ1) is 5.72. The van der Waals surface area contributed by atoms with Gasteiger partial charge < -0.3 is 10.4 Å². The van der Waals surface area contributed by atoms with Crippen molar-refractivity contribution >= 4 is 11.8 Å². The van der Waals surface area contributed by atoms with Crippen LogP contribution in [-0.2, 0) is 0 Å². The van der Waals surface area contributed by atoms with Crippen LogP contribution < -0.4 is 5.32 Å². The van der Waals surface area contributed by atoms with Gasteiger partial charge in [-0.25, -0.2) is 0 Å². The van der Waals surface area contributed by atoms with Gasteiger partial charge in [-0.15, -0.1) is 0 Å². The van der Waals surface area contributed by atoms with Gasteiger partial charge in [0.1, 0.15) is 0 Å². The molecule has 72 valence electrons. The maximum Gasteiger partial charge on any atom is 0.0621 e. The van der Waals surface area contributed by atoms with Gasteiger partial charge in [-0.1, -0.05) is 13.8 Å². The maximum atomic E-state index is 9.29. The lowest BCUT2D eigenvalue weighted by Gasteiger charge is -2.27. The summed E-state index contributed by atoms with van der Waals surface area (Å²) in [6.07, 6.45) is 2.25. The molecule has 1 fully saturated rings. The minimum Gasteiger partial charge on any atom is -0.394 e. The highest BCUT2D eigenvalue weighted by atomic mass is 32.2. The van der Waals surface area contributed by atoms with E-state index in [1.807, 2.05) is 11.8 Å². The number of nitrogens with one attached hydrogen (secondary N) is 1. The van der Waals surface area contributed by atoms with Gasteiger partial charge >= 0.3 is 0 Å². The van der Waals surface area contributed by atoms with Crippen molar-refractivity contribution in [1.29, 1.82) is 0 Å². The number of hydrogen-bond acceptors (Lipinski definition) is 3.